The van der Waals surface area contributed by atoms with Gasteiger partial charge in [0.15, 0.2) is 5.16 Å². The third-order valence-electron chi connectivity index (χ3n) is 3.79. The molecule has 7 heteroatoms. The van der Waals surface area contributed by atoms with Crippen molar-refractivity contribution in [3.8, 4) is 22.0 Å². The summed E-state index contributed by atoms with van der Waals surface area (Å²) >= 11 is 3.28. The van der Waals surface area contributed by atoms with Gasteiger partial charge in [-0.3, -0.25) is 4.57 Å². The van der Waals surface area contributed by atoms with Crippen LogP contribution in [0.5, 0.6) is 5.75 Å². The maximum Gasteiger partial charge on any atom is 0.195 e. The lowest BCUT2D eigenvalue weighted by Gasteiger charge is -2.04. The van der Waals surface area contributed by atoms with Crippen LogP contribution in [0.3, 0.4) is 0 Å². The Labute approximate surface area is 159 Å². The Morgan fingerprint density at radius 3 is 2.65 bits per heavy atom. The van der Waals surface area contributed by atoms with Crippen LogP contribution in [0.2, 0.25) is 0 Å². The van der Waals surface area contributed by atoms with Crippen LogP contribution in [0, 0.1) is 0 Å². The highest BCUT2D eigenvalue weighted by Gasteiger charge is 2.10. The Morgan fingerprint density at radius 1 is 1.08 bits per heavy atom. The molecule has 0 radical (unpaired) electrons. The second kappa shape index (κ2) is 7.72. The number of nitrogens with zero attached hydrogens (tertiary/aromatic N) is 4. The van der Waals surface area contributed by atoms with Crippen LogP contribution in [0.25, 0.3) is 16.3 Å². The van der Waals surface area contributed by atoms with Crippen LogP contribution in [-0.2, 0) is 5.75 Å². The molecule has 4 aromatic rings. The van der Waals surface area contributed by atoms with Gasteiger partial charge in [0.25, 0.3) is 0 Å². The van der Waals surface area contributed by atoms with Crippen molar-refractivity contribution in [1.82, 2.24) is 19.7 Å². The van der Waals surface area contributed by atoms with Crippen LogP contribution in [0.15, 0.2) is 71.5 Å². The lowest BCUT2D eigenvalue weighted by Crippen LogP contribution is -1.95. The fourth-order valence-corrected chi connectivity index (χ4v) is 4.22. The summed E-state index contributed by atoms with van der Waals surface area (Å²) in [6.45, 7) is 0. The number of hydrogen-bond acceptors (Lipinski definition) is 6. The van der Waals surface area contributed by atoms with Crippen molar-refractivity contribution in [1.29, 1.82) is 0 Å². The Balaban J connectivity index is 1.46. The molecule has 0 fully saturated rings. The van der Waals surface area contributed by atoms with E-state index in [1.165, 1.54) is 0 Å². The first-order chi connectivity index (χ1) is 12.8. The molecule has 0 aliphatic heterocycles. The fraction of sp³-hybridized carbons (Fsp3) is 0.105. The van der Waals surface area contributed by atoms with Gasteiger partial charge in [0.05, 0.1) is 12.8 Å². The zero-order chi connectivity index (χ0) is 17.8. The monoisotopic (exact) mass is 380 g/mol. The van der Waals surface area contributed by atoms with E-state index >= 15 is 0 Å². The summed E-state index contributed by atoms with van der Waals surface area (Å²) in [5.74, 6) is 1.60. The topological polar surface area (TPSA) is 52.8 Å². The van der Waals surface area contributed by atoms with E-state index in [1.807, 2.05) is 59.2 Å². The largest absolute Gasteiger partial charge is 0.497 e. The summed E-state index contributed by atoms with van der Waals surface area (Å²) in [4.78, 5) is 4.74. The van der Waals surface area contributed by atoms with Crippen molar-refractivity contribution in [3.63, 3.8) is 0 Å². The van der Waals surface area contributed by atoms with Gasteiger partial charge in [-0.2, -0.15) is 0 Å². The first-order valence-electron chi connectivity index (χ1n) is 8.00. The molecule has 0 aliphatic rings. The SMILES string of the molecule is COc1ccc(-c2nc(CSc3nncn3-c3ccccc3)cs2)cc1. The Bertz CT molecular complexity index is 980. The minimum Gasteiger partial charge on any atom is -0.497 e. The van der Waals surface area contributed by atoms with E-state index in [9.17, 15) is 0 Å². The summed E-state index contributed by atoms with van der Waals surface area (Å²) in [6.07, 6.45) is 1.74. The van der Waals surface area contributed by atoms with Gasteiger partial charge in [-0.15, -0.1) is 21.5 Å². The highest BCUT2D eigenvalue weighted by atomic mass is 32.2. The molecule has 26 heavy (non-hydrogen) atoms. The van der Waals surface area contributed by atoms with E-state index in [4.69, 9.17) is 9.72 Å². The van der Waals surface area contributed by atoms with Gasteiger partial charge in [-0.05, 0) is 36.4 Å². The fourth-order valence-electron chi connectivity index (χ4n) is 2.47. The molecule has 4 rings (SSSR count). The lowest BCUT2D eigenvalue weighted by atomic mass is 10.2. The third-order valence-corrected chi connectivity index (χ3v) is 5.71. The molecule has 2 aromatic carbocycles. The number of ether oxygens (including phenoxy) is 1. The standard InChI is InChI=1S/C19H16N4OS2/c1-24-17-9-7-14(8-10-17)18-21-15(11-25-18)12-26-19-22-20-13-23(19)16-5-3-2-4-6-16/h2-11,13H,12H2,1H3. The van der Waals surface area contributed by atoms with E-state index in [0.29, 0.717) is 0 Å². The van der Waals surface area contributed by atoms with Gasteiger partial charge >= 0.3 is 0 Å². The zero-order valence-corrected chi connectivity index (χ0v) is 15.7. The average Bonchev–Trinajstić information content (AvgIpc) is 3.36. The molecule has 0 atom stereocenters. The molecule has 0 bridgehead atoms. The molecule has 2 heterocycles. The summed E-state index contributed by atoms with van der Waals surface area (Å²) in [5, 5.41) is 12.2. The molecule has 0 saturated heterocycles. The molecule has 0 N–H and O–H groups in total. The van der Waals surface area contributed by atoms with Gasteiger partial charge in [0.1, 0.15) is 17.1 Å². The van der Waals surface area contributed by atoms with Gasteiger partial charge in [0, 0.05) is 22.4 Å². The van der Waals surface area contributed by atoms with E-state index in [2.05, 4.69) is 15.6 Å². The van der Waals surface area contributed by atoms with E-state index < -0.39 is 0 Å². The molecule has 2 aromatic heterocycles. The van der Waals surface area contributed by atoms with Crippen LogP contribution in [0.1, 0.15) is 5.69 Å². The quantitative estimate of drug-likeness (QED) is 0.454. The molecule has 5 nitrogen and oxygen atoms in total. The van der Waals surface area contributed by atoms with Crippen LogP contribution >= 0.6 is 23.1 Å². The summed E-state index contributed by atoms with van der Waals surface area (Å²) in [6, 6.07) is 18.0. The van der Waals surface area contributed by atoms with Crippen LogP contribution in [-0.4, -0.2) is 26.9 Å². The Kier molecular flexibility index (Phi) is 4.99. The maximum absolute atomic E-state index is 5.20. The lowest BCUT2D eigenvalue weighted by molar-refractivity contribution is 0.415. The Hall–Kier alpha value is -2.64. The minimum absolute atomic E-state index is 0.748. The second-order valence-electron chi connectivity index (χ2n) is 5.48. The number of thiazole rings is 1. The number of aromatic nitrogens is 4. The predicted octanol–water partition coefficient (Wildman–Crippen LogP) is 4.69. The van der Waals surface area contributed by atoms with Crippen molar-refractivity contribution in [2.24, 2.45) is 0 Å². The van der Waals surface area contributed by atoms with Crippen molar-refractivity contribution in [3.05, 3.63) is 72.0 Å². The van der Waals surface area contributed by atoms with E-state index in [0.717, 1.165) is 38.6 Å². The van der Waals surface area contributed by atoms with Gasteiger partial charge in [-0.25, -0.2) is 4.98 Å². The first kappa shape index (κ1) is 16.8. The highest BCUT2D eigenvalue weighted by molar-refractivity contribution is 7.98. The van der Waals surface area contributed by atoms with E-state index in [1.54, 1.807) is 36.5 Å². The van der Waals surface area contributed by atoms with Crippen LogP contribution in [0.4, 0.5) is 0 Å². The number of thioether (sulfide) groups is 1. The number of para-hydroxylation sites is 1. The molecule has 0 aliphatic carbocycles. The molecule has 0 spiro atoms. The summed E-state index contributed by atoms with van der Waals surface area (Å²) < 4.78 is 7.19. The van der Waals surface area contributed by atoms with Gasteiger partial charge in [0.2, 0.25) is 0 Å². The molecular formula is C19H16N4OS2. The third kappa shape index (κ3) is 3.63. The van der Waals surface area contributed by atoms with Crippen molar-refractivity contribution < 1.29 is 4.74 Å². The average molecular weight is 380 g/mol. The number of benzene rings is 2. The molecular weight excluding hydrogens is 364 g/mol. The van der Waals surface area contributed by atoms with Crippen molar-refractivity contribution >= 4 is 23.1 Å². The predicted molar refractivity (Wildman–Crippen MR) is 105 cm³/mol. The van der Waals surface area contributed by atoms with Gasteiger partial charge < -0.3 is 4.74 Å². The number of rotatable bonds is 6. The smallest absolute Gasteiger partial charge is 0.195 e. The minimum atomic E-state index is 0.748. The molecule has 0 amide bonds. The molecule has 130 valence electrons. The zero-order valence-electron chi connectivity index (χ0n) is 14.1. The van der Waals surface area contributed by atoms with Crippen molar-refractivity contribution in [2.75, 3.05) is 7.11 Å². The Morgan fingerprint density at radius 2 is 1.88 bits per heavy atom. The molecule has 0 saturated carbocycles. The highest BCUT2D eigenvalue weighted by Crippen LogP contribution is 2.29. The van der Waals surface area contributed by atoms with Crippen LogP contribution < -0.4 is 4.74 Å². The first-order valence-corrected chi connectivity index (χ1v) is 9.87. The normalized spacial score (nSPS) is 10.8. The second-order valence-corrected chi connectivity index (χ2v) is 7.28. The van der Waals surface area contributed by atoms with Crippen molar-refractivity contribution in [2.45, 2.75) is 10.9 Å². The summed E-state index contributed by atoms with van der Waals surface area (Å²) in [7, 11) is 1.67. The number of hydrogen-bond donors (Lipinski definition) is 0. The summed E-state index contributed by atoms with van der Waals surface area (Å²) in [5.41, 5.74) is 3.19. The van der Waals surface area contributed by atoms with Gasteiger partial charge in [-0.1, -0.05) is 30.0 Å². The molecule has 0 unspecified atom stereocenters. The number of methoxy groups -OCH3 is 1. The van der Waals surface area contributed by atoms with E-state index in [-0.39, 0.29) is 0 Å². The maximum atomic E-state index is 5.20.